The lowest BCUT2D eigenvalue weighted by Crippen LogP contribution is -2.03. The van der Waals surface area contributed by atoms with Gasteiger partial charge >= 0.3 is 0 Å². The highest BCUT2D eigenvalue weighted by Gasteiger charge is 2.22. The van der Waals surface area contributed by atoms with Crippen molar-refractivity contribution in [3.8, 4) is 68.8 Å². The molecule has 7 nitrogen and oxygen atoms in total. The van der Waals surface area contributed by atoms with E-state index in [0.717, 1.165) is 82.8 Å². The fraction of sp³-hybridized carbons (Fsp3) is 0. The summed E-state index contributed by atoms with van der Waals surface area (Å²) >= 11 is 0. The molecule has 0 N–H and O–H groups in total. The summed E-state index contributed by atoms with van der Waals surface area (Å²) in [6.07, 6.45) is 0. The van der Waals surface area contributed by atoms with E-state index in [-0.39, 0.29) is 0 Å². The third kappa shape index (κ3) is 5.61. The van der Waals surface area contributed by atoms with E-state index in [1.165, 1.54) is 0 Å². The van der Waals surface area contributed by atoms with Gasteiger partial charge in [-0.05, 0) is 72.8 Å². The monoisotopic (exact) mass is 765 g/mol. The number of aromatic nitrogens is 5. The van der Waals surface area contributed by atoms with E-state index in [1.54, 1.807) is 0 Å². The summed E-state index contributed by atoms with van der Waals surface area (Å²) in [5.41, 5.74) is 11.8. The molecule has 0 spiro atoms. The number of hydrogen-bond acceptors (Lipinski definition) is 5. The second kappa shape index (κ2) is 14.1. The Morgan fingerprint density at radius 3 is 1.30 bits per heavy atom. The zero-order valence-electron chi connectivity index (χ0n) is 32.0. The summed E-state index contributed by atoms with van der Waals surface area (Å²) in [7, 11) is 0. The standard InChI is InChI=1S/C53H31N7/c54-32-34-23-26-48-42(29-34)39-17-7-10-20-45(39)59(48)47-22-12-9-19-41(47)44-31-38(53-57-51(36-13-3-1-4-14-36)56-52(58-53)37-15-5-2-6-16-37)25-28-50(44)60-46-21-11-8-18-40(46)43-30-35(33-55)24-27-49(43)60/h1-31H. The van der Waals surface area contributed by atoms with Crippen LogP contribution in [0.15, 0.2) is 188 Å². The summed E-state index contributed by atoms with van der Waals surface area (Å²) in [4.78, 5) is 15.2. The molecular weight excluding hydrogens is 735 g/mol. The van der Waals surface area contributed by atoms with Gasteiger partial charge in [0.15, 0.2) is 17.5 Å². The van der Waals surface area contributed by atoms with Crippen LogP contribution in [0.3, 0.4) is 0 Å². The summed E-state index contributed by atoms with van der Waals surface area (Å²) in [5.74, 6) is 1.72. The van der Waals surface area contributed by atoms with E-state index in [9.17, 15) is 10.5 Å². The number of nitriles is 2. The van der Waals surface area contributed by atoms with Crippen molar-refractivity contribution in [3.05, 3.63) is 199 Å². The molecule has 11 rings (SSSR count). The highest BCUT2D eigenvalue weighted by Crippen LogP contribution is 2.42. The number of benzene rings is 8. The van der Waals surface area contributed by atoms with Crippen LogP contribution < -0.4 is 0 Å². The first-order valence-electron chi connectivity index (χ1n) is 19.6. The van der Waals surface area contributed by atoms with Gasteiger partial charge in [-0.3, -0.25) is 0 Å². The molecule has 0 atom stereocenters. The SMILES string of the molecule is N#Cc1ccc2c(c1)c1ccccc1n2-c1ccccc1-c1cc(-c2nc(-c3ccccc3)nc(-c3ccccc3)n2)ccc1-n1c2ccccc2c2cc(C#N)ccc21. The van der Waals surface area contributed by atoms with Crippen molar-refractivity contribution < 1.29 is 0 Å². The predicted molar refractivity (Wildman–Crippen MR) is 240 cm³/mol. The van der Waals surface area contributed by atoms with E-state index in [2.05, 4.69) is 100 Å². The maximum atomic E-state index is 9.92. The second-order valence-electron chi connectivity index (χ2n) is 14.7. The molecule has 3 aromatic heterocycles. The molecule has 0 radical (unpaired) electrons. The van der Waals surface area contributed by atoms with Crippen LogP contribution in [-0.2, 0) is 0 Å². The van der Waals surface area contributed by atoms with E-state index in [1.807, 2.05) is 109 Å². The minimum atomic E-state index is 0.551. The Bertz CT molecular complexity index is 3510. The Hall–Kier alpha value is -8.65. The number of fused-ring (bicyclic) bond motifs is 6. The lowest BCUT2D eigenvalue weighted by molar-refractivity contribution is 1.07. The van der Waals surface area contributed by atoms with Gasteiger partial charge in [0.05, 0.1) is 56.7 Å². The smallest absolute Gasteiger partial charge is 0.164 e. The maximum absolute atomic E-state index is 9.92. The van der Waals surface area contributed by atoms with Gasteiger partial charge in [0, 0.05) is 49.4 Å². The minimum absolute atomic E-state index is 0.551. The van der Waals surface area contributed by atoms with Crippen molar-refractivity contribution in [2.45, 2.75) is 0 Å². The normalized spacial score (nSPS) is 11.3. The molecule has 278 valence electrons. The lowest BCUT2D eigenvalue weighted by Gasteiger charge is -2.19. The van der Waals surface area contributed by atoms with Gasteiger partial charge in [0.2, 0.25) is 0 Å². The van der Waals surface area contributed by atoms with Gasteiger partial charge in [-0.25, -0.2) is 15.0 Å². The highest BCUT2D eigenvalue weighted by molar-refractivity contribution is 6.12. The van der Waals surface area contributed by atoms with E-state index >= 15 is 0 Å². The van der Waals surface area contributed by atoms with E-state index in [4.69, 9.17) is 15.0 Å². The number of rotatable bonds is 6. The number of nitrogens with zero attached hydrogens (tertiary/aromatic N) is 7. The summed E-state index contributed by atoms with van der Waals surface area (Å²) in [6.45, 7) is 0. The Kier molecular flexibility index (Phi) is 8.11. The first-order valence-corrected chi connectivity index (χ1v) is 19.6. The van der Waals surface area contributed by atoms with Crippen LogP contribution in [0.5, 0.6) is 0 Å². The molecule has 0 aliphatic rings. The minimum Gasteiger partial charge on any atom is -0.309 e. The van der Waals surface area contributed by atoms with Crippen molar-refractivity contribution in [1.82, 2.24) is 24.1 Å². The van der Waals surface area contributed by atoms with Gasteiger partial charge in [0.25, 0.3) is 0 Å². The quantitative estimate of drug-likeness (QED) is 0.168. The summed E-state index contributed by atoms with van der Waals surface area (Å²) in [6, 6.07) is 68.1. The molecule has 0 fully saturated rings. The first kappa shape index (κ1) is 34.6. The average molecular weight is 766 g/mol. The summed E-state index contributed by atoms with van der Waals surface area (Å²) < 4.78 is 4.59. The highest BCUT2D eigenvalue weighted by atomic mass is 15.0. The van der Waals surface area contributed by atoms with Crippen LogP contribution >= 0.6 is 0 Å². The van der Waals surface area contributed by atoms with E-state index in [0.29, 0.717) is 28.6 Å². The topological polar surface area (TPSA) is 96.1 Å². The number of para-hydroxylation sites is 3. The molecule has 0 bridgehead atoms. The third-order valence-electron chi connectivity index (χ3n) is 11.2. The summed E-state index contributed by atoms with van der Waals surface area (Å²) in [5, 5.41) is 23.9. The molecule has 60 heavy (non-hydrogen) atoms. The molecule has 7 heteroatoms. The molecule has 3 heterocycles. The maximum Gasteiger partial charge on any atom is 0.164 e. The van der Waals surface area contributed by atoms with Crippen molar-refractivity contribution in [3.63, 3.8) is 0 Å². The Morgan fingerprint density at radius 2 is 0.767 bits per heavy atom. The van der Waals surface area contributed by atoms with Crippen molar-refractivity contribution >= 4 is 43.6 Å². The second-order valence-corrected chi connectivity index (χ2v) is 14.7. The van der Waals surface area contributed by atoms with Crippen molar-refractivity contribution in [1.29, 1.82) is 10.5 Å². The zero-order chi connectivity index (χ0) is 40.2. The van der Waals surface area contributed by atoms with Gasteiger partial charge in [-0.2, -0.15) is 10.5 Å². The Morgan fingerprint density at radius 1 is 0.333 bits per heavy atom. The fourth-order valence-corrected chi connectivity index (χ4v) is 8.52. The fourth-order valence-electron chi connectivity index (χ4n) is 8.52. The molecule has 0 aliphatic heterocycles. The van der Waals surface area contributed by atoms with Gasteiger partial charge in [-0.15, -0.1) is 0 Å². The molecule has 11 aromatic rings. The van der Waals surface area contributed by atoms with Crippen LogP contribution in [0.2, 0.25) is 0 Å². The lowest BCUT2D eigenvalue weighted by atomic mass is 9.98. The van der Waals surface area contributed by atoms with Gasteiger partial charge < -0.3 is 9.13 Å². The van der Waals surface area contributed by atoms with Crippen LogP contribution in [-0.4, -0.2) is 24.1 Å². The van der Waals surface area contributed by atoms with Crippen molar-refractivity contribution in [2.24, 2.45) is 0 Å². The van der Waals surface area contributed by atoms with Crippen LogP contribution in [0, 0.1) is 22.7 Å². The molecule has 0 aliphatic carbocycles. The Labute approximate surface area is 345 Å². The zero-order valence-corrected chi connectivity index (χ0v) is 32.0. The average Bonchev–Trinajstić information content (AvgIpc) is 3.83. The molecule has 0 saturated carbocycles. The number of hydrogen-bond donors (Lipinski definition) is 0. The van der Waals surface area contributed by atoms with Crippen molar-refractivity contribution in [2.75, 3.05) is 0 Å². The van der Waals surface area contributed by atoms with Gasteiger partial charge in [0.1, 0.15) is 0 Å². The molecule has 8 aromatic carbocycles. The first-order chi connectivity index (χ1) is 29.7. The molecule has 0 amide bonds. The predicted octanol–water partition coefficient (Wildman–Crippen LogP) is 12.5. The third-order valence-corrected chi connectivity index (χ3v) is 11.2. The Balaban J connectivity index is 1.23. The van der Waals surface area contributed by atoms with E-state index < -0.39 is 0 Å². The van der Waals surface area contributed by atoms with Crippen LogP contribution in [0.25, 0.3) is 100 Å². The van der Waals surface area contributed by atoms with Gasteiger partial charge in [-0.1, -0.05) is 115 Å². The molecule has 0 unspecified atom stereocenters. The molecular formula is C53H31N7. The molecule has 0 saturated heterocycles. The largest absolute Gasteiger partial charge is 0.309 e. The van der Waals surface area contributed by atoms with Crippen LogP contribution in [0.1, 0.15) is 11.1 Å². The van der Waals surface area contributed by atoms with Crippen LogP contribution in [0.4, 0.5) is 0 Å².